The molecule has 8 heteroatoms. The fraction of sp³-hybridized carbons (Fsp3) is 0.300. The predicted octanol–water partition coefficient (Wildman–Crippen LogP) is 4.27. The number of nitro groups is 1. The second kappa shape index (κ2) is 8.51. The van der Waals surface area contributed by atoms with Crippen LogP contribution in [0.5, 0.6) is 0 Å². The van der Waals surface area contributed by atoms with Crippen molar-refractivity contribution in [3.05, 3.63) is 64.0 Å². The number of benzene rings is 1. The molecule has 0 fully saturated rings. The molecule has 0 atom stereocenters. The van der Waals surface area contributed by atoms with E-state index in [1.165, 1.54) is 16.8 Å². The number of amides is 1. The van der Waals surface area contributed by atoms with E-state index in [9.17, 15) is 14.9 Å². The summed E-state index contributed by atoms with van der Waals surface area (Å²) in [5, 5.41) is 18.5. The minimum atomic E-state index is -0.478. The van der Waals surface area contributed by atoms with E-state index in [1.54, 1.807) is 24.3 Å². The van der Waals surface area contributed by atoms with Gasteiger partial charge in [0.25, 0.3) is 11.6 Å². The Balaban J connectivity index is 1.99. The molecule has 3 aromatic rings. The van der Waals surface area contributed by atoms with Gasteiger partial charge in [0.2, 0.25) is 0 Å². The van der Waals surface area contributed by atoms with Gasteiger partial charge in [-0.3, -0.25) is 14.9 Å². The van der Waals surface area contributed by atoms with Crippen molar-refractivity contribution in [1.29, 1.82) is 0 Å². The van der Waals surface area contributed by atoms with Gasteiger partial charge in [0.1, 0.15) is 17.1 Å². The van der Waals surface area contributed by atoms with E-state index >= 15 is 0 Å². The van der Waals surface area contributed by atoms with Crippen LogP contribution in [0.1, 0.15) is 42.4 Å². The monoisotopic (exact) mass is 382 g/mol. The number of nitro benzene ring substituents is 1. The van der Waals surface area contributed by atoms with Crippen LogP contribution < -0.4 is 5.32 Å². The number of non-ortho nitro benzene ring substituents is 1. The number of rotatable bonds is 8. The lowest BCUT2D eigenvalue weighted by atomic mass is 10.2. The van der Waals surface area contributed by atoms with Crippen molar-refractivity contribution < 1.29 is 14.1 Å². The van der Waals surface area contributed by atoms with Crippen molar-refractivity contribution in [2.75, 3.05) is 6.54 Å². The lowest BCUT2D eigenvalue weighted by Crippen LogP contribution is -2.26. The standard InChI is InChI=1S/C20H22N4O4/c1-3-4-5-11-21-20(25)18-13-17(19-10-9-14(2)28-19)22-23(18)15-7-6-8-16(12-15)24(26)27/h6-10,12-13H,3-5,11H2,1-2H3,(H,21,25). The topological polar surface area (TPSA) is 103 Å². The van der Waals surface area contributed by atoms with Crippen LogP contribution in [0.15, 0.2) is 46.9 Å². The molecule has 3 rings (SSSR count). The number of carbonyl (C=O) groups excluding carboxylic acids is 1. The molecule has 28 heavy (non-hydrogen) atoms. The lowest BCUT2D eigenvalue weighted by Gasteiger charge is -2.08. The van der Waals surface area contributed by atoms with E-state index in [2.05, 4.69) is 17.3 Å². The average Bonchev–Trinajstić information content (AvgIpc) is 3.31. The second-order valence-electron chi connectivity index (χ2n) is 6.48. The van der Waals surface area contributed by atoms with Crippen LogP contribution in [0.2, 0.25) is 0 Å². The molecular weight excluding hydrogens is 360 g/mol. The summed E-state index contributed by atoms with van der Waals surface area (Å²) in [6.07, 6.45) is 2.97. The third-order valence-electron chi connectivity index (χ3n) is 4.29. The number of carbonyl (C=O) groups is 1. The third kappa shape index (κ3) is 4.28. The highest BCUT2D eigenvalue weighted by atomic mass is 16.6. The molecule has 0 radical (unpaired) electrons. The average molecular weight is 382 g/mol. The smallest absolute Gasteiger partial charge is 0.271 e. The summed E-state index contributed by atoms with van der Waals surface area (Å²) in [5.41, 5.74) is 1.14. The van der Waals surface area contributed by atoms with Crippen molar-refractivity contribution in [1.82, 2.24) is 15.1 Å². The first kappa shape index (κ1) is 19.3. The van der Waals surface area contributed by atoms with E-state index in [-0.39, 0.29) is 11.6 Å². The first-order valence-corrected chi connectivity index (χ1v) is 9.19. The number of unbranched alkanes of at least 4 members (excludes halogenated alkanes) is 2. The van der Waals surface area contributed by atoms with Gasteiger partial charge in [-0.05, 0) is 31.5 Å². The van der Waals surface area contributed by atoms with Gasteiger partial charge < -0.3 is 9.73 Å². The first-order chi connectivity index (χ1) is 13.5. The zero-order valence-electron chi connectivity index (χ0n) is 15.8. The summed E-state index contributed by atoms with van der Waals surface area (Å²) in [5.74, 6) is 0.969. The number of aryl methyl sites for hydroxylation is 1. The summed E-state index contributed by atoms with van der Waals surface area (Å²) in [6.45, 7) is 4.47. The minimum absolute atomic E-state index is 0.0716. The van der Waals surface area contributed by atoms with E-state index in [0.717, 1.165) is 25.0 Å². The van der Waals surface area contributed by atoms with Gasteiger partial charge in [-0.2, -0.15) is 5.10 Å². The maximum absolute atomic E-state index is 12.7. The van der Waals surface area contributed by atoms with Crippen LogP contribution in [0.25, 0.3) is 17.1 Å². The highest BCUT2D eigenvalue weighted by molar-refractivity contribution is 5.94. The fourth-order valence-corrected chi connectivity index (χ4v) is 2.84. The van der Waals surface area contributed by atoms with E-state index in [4.69, 9.17) is 4.42 Å². The number of furan rings is 1. The Bertz CT molecular complexity index is 990. The van der Waals surface area contributed by atoms with Crippen molar-refractivity contribution in [3.63, 3.8) is 0 Å². The maximum atomic E-state index is 12.7. The molecule has 0 aliphatic rings. The van der Waals surface area contributed by atoms with Crippen LogP contribution in [0, 0.1) is 17.0 Å². The number of hydrogen-bond donors (Lipinski definition) is 1. The van der Waals surface area contributed by atoms with Gasteiger partial charge in [-0.25, -0.2) is 4.68 Å². The Kier molecular flexibility index (Phi) is 5.88. The second-order valence-corrected chi connectivity index (χ2v) is 6.48. The van der Waals surface area contributed by atoms with Crippen molar-refractivity contribution in [2.45, 2.75) is 33.1 Å². The molecule has 0 spiro atoms. The Morgan fingerprint density at radius 3 is 2.75 bits per heavy atom. The molecule has 2 heterocycles. The van der Waals surface area contributed by atoms with Gasteiger partial charge in [-0.1, -0.05) is 25.8 Å². The van der Waals surface area contributed by atoms with Gasteiger partial charge >= 0.3 is 0 Å². The van der Waals surface area contributed by atoms with E-state index in [0.29, 0.717) is 29.4 Å². The molecular formula is C20H22N4O4. The molecule has 1 amide bonds. The van der Waals surface area contributed by atoms with Gasteiger partial charge in [-0.15, -0.1) is 0 Å². The molecule has 0 unspecified atom stereocenters. The van der Waals surface area contributed by atoms with Crippen LogP contribution in [-0.2, 0) is 0 Å². The molecule has 0 bridgehead atoms. The van der Waals surface area contributed by atoms with Crippen LogP contribution in [0.3, 0.4) is 0 Å². The number of aromatic nitrogens is 2. The quantitative estimate of drug-likeness (QED) is 0.356. The van der Waals surface area contributed by atoms with Crippen molar-refractivity contribution in [2.24, 2.45) is 0 Å². The van der Waals surface area contributed by atoms with Gasteiger partial charge in [0.15, 0.2) is 5.76 Å². The van der Waals surface area contributed by atoms with Crippen molar-refractivity contribution >= 4 is 11.6 Å². The van der Waals surface area contributed by atoms with Gasteiger partial charge in [0, 0.05) is 24.7 Å². The zero-order valence-corrected chi connectivity index (χ0v) is 15.8. The van der Waals surface area contributed by atoms with Gasteiger partial charge in [0.05, 0.1) is 10.6 Å². The Morgan fingerprint density at radius 1 is 1.25 bits per heavy atom. The highest BCUT2D eigenvalue weighted by Crippen LogP contribution is 2.25. The molecule has 0 aliphatic carbocycles. The summed E-state index contributed by atoms with van der Waals surface area (Å²) < 4.78 is 7.02. The molecule has 8 nitrogen and oxygen atoms in total. The number of nitrogens with zero attached hydrogens (tertiary/aromatic N) is 3. The number of nitrogens with one attached hydrogen (secondary N) is 1. The first-order valence-electron chi connectivity index (χ1n) is 9.19. The Morgan fingerprint density at radius 2 is 2.07 bits per heavy atom. The molecule has 2 aromatic heterocycles. The molecule has 1 aromatic carbocycles. The summed E-state index contributed by atoms with van der Waals surface area (Å²) in [4.78, 5) is 23.4. The van der Waals surface area contributed by atoms with E-state index in [1.807, 2.05) is 13.0 Å². The number of hydrogen-bond acceptors (Lipinski definition) is 5. The van der Waals surface area contributed by atoms with Crippen LogP contribution in [0.4, 0.5) is 5.69 Å². The predicted molar refractivity (Wildman–Crippen MR) is 105 cm³/mol. The Labute approximate surface area is 162 Å². The fourth-order valence-electron chi connectivity index (χ4n) is 2.84. The third-order valence-corrected chi connectivity index (χ3v) is 4.29. The molecule has 0 saturated carbocycles. The lowest BCUT2D eigenvalue weighted by molar-refractivity contribution is -0.384. The molecule has 0 saturated heterocycles. The summed E-state index contributed by atoms with van der Waals surface area (Å²) in [7, 11) is 0. The molecule has 1 N–H and O–H groups in total. The van der Waals surface area contributed by atoms with E-state index < -0.39 is 4.92 Å². The normalized spacial score (nSPS) is 10.8. The molecule has 146 valence electrons. The summed E-state index contributed by atoms with van der Waals surface area (Å²) >= 11 is 0. The molecule has 0 aliphatic heterocycles. The van der Waals surface area contributed by atoms with Crippen LogP contribution in [-0.4, -0.2) is 27.2 Å². The maximum Gasteiger partial charge on any atom is 0.271 e. The Hall–Kier alpha value is -3.42. The largest absolute Gasteiger partial charge is 0.460 e. The SMILES string of the molecule is CCCCCNC(=O)c1cc(-c2ccc(C)o2)nn1-c1cccc([N+](=O)[O-])c1. The van der Waals surface area contributed by atoms with Crippen molar-refractivity contribution in [3.8, 4) is 17.1 Å². The van der Waals surface area contributed by atoms with Crippen LogP contribution >= 0.6 is 0 Å². The summed E-state index contributed by atoms with van der Waals surface area (Å²) in [6, 6.07) is 11.2. The minimum Gasteiger partial charge on any atom is -0.460 e. The zero-order chi connectivity index (χ0) is 20.1. The highest BCUT2D eigenvalue weighted by Gasteiger charge is 2.20.